The zero-order valence-corrected chi connectivity index (χ0v) is 9.10. The summed E-state index contributed by atoms with van der Waals surface area (Å²) in [6.45, 7) is 0.366. The number of fused-ring (bicyclic) bond motifs is 1. The van der Waals surface area contributed by atoms with Crippen LogP contribution in [0.5, 0.6) is 0 Å². The largest absolute Gasteiger partial charge is 0.324 e. The molecule has 0 saturated carbocycles. The number of para-hydroxylation sites is 1. The lowest BCUT2D eigenvalue weighted by Crippen LogP contribution is -2.04. The van der Waals surface area contributed by atoms with E-state index in [1.807, 2.05) is 18.2 Å². The maximum Gasteiger partial charge on any atom is 0.228 e. The zero-order valence-electron chi connectivity index (χ0n) is 9.10. The van der Waals surface area contributed by atoms with Gasteiger partial charge in [0.2, 0.25) is 5.91 Å². The molecular formula is C12H10N4O. The Hall–Kier alpha value is -2.44. The number of azide groups is 1. The minimum absolute atomic E-state index is 0.00308. The third-order valence-electron chi connectivity index (χ3n) is 2.39. The Morgan fingerprint density at radius 1 is 1.53 bits per heavy atom. The van der Waals surface area contributed by atoms with Crippen molar-refractivity contribution >= 4 is 11.6 Å². The number of rotatable bonds is 2. The average molecular weight is 226 g/mol. The van der Waals surface area contributed by atoms with E-state index < -0.39 is 0 Å². The fourth-order valence-corrected chi connectivity index (χ4v) is 1.66. The van der Waals surface area contributed by atoms with E-state index in [4.69, 9.17) is 5.53 Å². The number of amides is 1. The van der Waals surface area contributed by atoms with Crippen LogP contribution in [0, 0.1) is 11.8 Å². The van der Waals surface area contributed by atoms with E-state index in [0.717, 1.165) is 16.8 Å². The monoisotopic (exact) mass is 226 g/mol. The van der Waals surface area contributed by atoms with Gasteiger partial charge in [-0.1, -0.05) is 29.1 Å². The third kappa shape index (κ3) is 2.57. The van der Waals surface area contributed by atoms with Gasteiger partial charge in [-0.2, -0.15) is 0 Å². The van der Waals surface area contributed by atoms with Crippen molar-refractivity contribution in [1.29, 1.82) is 0 Å². The van der Waals surface area contributed by atoms with Crippen LogP contribution in [-0.2, 0) is 11.2 Å². The molecule has 5 heteroatoms. The highest BCUT2D eigenvalue weighted by Crippen LogP contribution is 2.26. The second-order valence-corrected chi connectivity index (χ2v) is 3.57. The summed E-state index contributed by atoms with van der Waals surface area (Å²) in [5, 5.41) is 6.19. The van der Waals surface area contributed by atoms with E-state index in [1.54, 1.807) is 0 Å². The van der Waals surface area contributed by atoms with E-state index in [-0.39, 0.29) is 5.91 Å². The second-order valence-electron chi connectivity index (χ2n) is 3.57. The SMILES string of the molecule is [N-]=[N+]=NCCC#Cc1cccc2c1NC(=O)C2. The van der Waals surface area contributed by atoms with Gasteiger partial charge in [-0.25, -0.2) is 0 Å². The molecule has 1 N–H and O–H groups in total. The quantitative estimate of drug-likeness (QED) is 0.271. The van der Waals surface area contributed by atoms with Gasteiger partial charge in [-0.05, 0) is 17.2 Å². The van der Waals surface area contributed by atoms with Gasteiger partial charge in [-0.15, -0.1) is 0 Å². The molecule has 84 valence electrons. The smallest absolute Gasteiger partial charge is 0.228 e. The van der Waals surface area contributed by atoms with Gasteiger partial charge in [0.15, 0.2) is 0 Å². The highest BCUT2D eigenvalue weighted by Gasteiger charge is 2.19. The normalized spacial score (nSPS) is 11.9. The first kappa shape index (κ1) is 11.1. The molecule has 0 radical (unpaired) electrons. The molecule has 1 amide bonds. The lowest BCUT2D eigenvalue weighted by Gasteiger charge is -2.00. The van der Waals surface area contributed by atoms with E-state index in [0.29, 0.717) is 19.4 Å². The van der Waals surface area contributed by atoms with Gasteiger partial charge < -0.3 is 5.32 Å². The predicted octanol–water partition coefficient (Wildman–Crippen LogP) is 2.23. The molecule has 0 unspecified atom stereocenters. The minimum Gasteiger partial charge on any atom is -0.324 e. The minimum atomic E-state index is 0.00308. The number of benzene rings is 1. The summed E-state index contributed by atoms with van der Waals surface area (Å²) in [4.78, 5) is 13.9. The van der Waals surface area contributed by atoms with Crippen molar-refractivity contribution in [2.45, 2.75) is 12.8 Å². The number of nitrogens with one attached hydrogen (secondary N) is 1. The molecule has 1 heterocycles. The molecule has 0 fully saturated rings. The number of hydrogen-bond donors (Lipinski definition) is 1. The highest BCUT2D eigenvalue weighted by molar-refractivity contribution is 6.00. The first-order valence-corrected chi connectivity index (χ1v) is 5.23. The van der Waals surface area contributed by atoms with Crippen molar-refractivity contribution in [2.75, 3.05) is 11.9 Å². The molecular weight excluding hydrogens is 216 g/mol. The van der Waals surface area contributed by atoms with Gasteiger partial charge in [0.25, 0.3) is 0 Å². The van der Waals surface area contributed by atoms with Gasteiger partial charge >= 0.3 is 0 Å². The van der Waals surface area contributed by atoms with Crippen LogP contribution in [0.4, 0.5) is 5.69 Å². The average Bonchev–Trinajstić information content (AvgIpc) is 2.70. The Labute approximate surface area is 98.5 Å². The maximum atomic E-state index is 11.3. The van der Waals surface area contributed by atoms with Crippen LogP contribution in [0.2, 0.25) is 0 Å². The van der Waals surface area contributed by atoms with Gasteiger partial charge in [0, 0.05) is 23.4 Å². The van der Waals surface area contributed by atoms with Crippen molar-refractivity contribution in [3.8, 4) is 11.8 Å². The lowest BCUT2D eigenvalue weighted by atomic mass is 10.1. The molecule has 17 heavy (non-hydrogen) atoms. The Morgan fingerprint density at radius 3 is 3.24 bits per heavy atom. The van der Waals surface area contributed by atoms with E-state index in [9.17, 15) is 4.79 Å². The summed E-state index contributed by atoms with van der Waals surface area (Å²) >= 11 is 0. The molecule has 5 nitrogen and oxygen atoms in total. The zero-order chi connectivity index (χ0) is 12.1. The molecule has 0 aromatic heterocycles. The standard InChI is InChI=1S/C12H10N4O/c13-16-14-7-2-1-4-9-5-3-6-10-8-11(17)15-12(9)10/h3,5-6H,2,7-8H2,(H,15,17). The summed E-state index contributed by atoms with van der Waals surface area (Å²) < 4.78 is 0. The van der Waals surface area contributed by atoms with Crippen LogP contribution in [0.1, 0.15) is 17.5 Å². The van der Waals surface area contributed by atoms with Crippen LogP contribution in [-0.4, -0.2) is 12.5 Å². The molecule has 2 rings (SSSR count). The lowest BCUT2D eigenvalue weighted by molar-refractivity contribution is -0.115. The topological polar surface area (TPSA) is 77.9 Å². The van der Waals surface area contributed by atoms with Crippen LogP contribution in [0.25, 0.3) is 10.4 Å². The van der Waals surface area contributed by atoms with Crippen molar-refractivity contribution in [3.05, 3.63) is 39.8 Å². The molecule has 0 bridgehead atoms. The molecule has 1 aliphatic heterocycles. The summed E-state index contributed by atoms with van der Waals surface area (Å²) in [6, 6.07) is 5.67. The first-order chi connectivity index (χ1) is 8.31. The van der Waals surface area contributed by atoms with Crippen LogP contribution in [0.15, 0.2) is 23.3 Å². The van der Waals surface area contributed by atoms with Crippen LogP contribution < -0.4 is 5.32 Å². The molecule has 0 atom stereocenters. The van der Waals surface area contributed by atoms with Crippen molar-refractivity contribution < 1.29 is 4.79 Å². The number of nitrogens with zero attached hydrogens (tertiary/aromatic N) is 3. The van der Waals surface area contributed by atoms with Crippen molar-refractivity contribution in [1.82, 2.24) is 0 Å². The van der Waals surface area contributed by atoms with Gasteiger partial charge in [-0.3, -0.25) is 4.79 Å². The second kappa shape index (κ2) is 5.06. The third-order valence-corrected chi connectivity index (χ3v) is 2.39. The van der Waals surface area contributed by atoms with Gasteiger partial charge in [0.05, 0.1) is 12.1 Å². The summed E-state index contributed by atoms with van der Waals surface area (Å²) in [5.74, 6) is 5.89. The predicted molar refractivity (Wildman–Crippen MR) is 64.3 cm³/mol. The maximum absolute atomic E-state index is 11.3. The molecule has 1 aromatic carbocycles. The van der Waals surface area contributed by atoms with Crippen molar-refractivity contribution in [3.63, 3.8) is 0 Å². The van der Waals surface area contributed by atoms with Gasteiger partial charge in [0.1, 0.15) is 0 Å². The Morgan fingerprint density at radius 2 is 2.41 bits per heavy atom. The summed E-state index contributed by atoms with van der Waals surface area (Å²) in [7, 11) is 0. The highest BCUT2D eigenvalue weighted by atomic mass is 16.1. The van der Waals surface area contributed by atoms with Crippen LogP contribution >= 0.6 is 0 Å². The fourth-order valence-electron chi connectivity index (χ4n) is 1.66. The summed E-state index contributed by atoms with van der Waals surface area (Å²) in [6.07, 6.45) is 0.936. The number of carbonyl (C=O) groups excluding carboxylic acids is 1. The van der Waals surface area contributed by atoms with E-state index in [1.165, 1.54) is 0 Å². The fraction of sp³-hybridized carbons (Fsp3) is 0.250. The molecule has 1 aromatic rings. The number of hydrogen-bond acceptors (Lipinski definition) is 2. The van der Waals surface area contributed by atoms with Crippen molar-refractivity contribution in [2.24, 2.45) is 5.11 Å². The molecule has 0 saturated heterocycles. The Balaban J connectivity index is 2.15. The molecule has 1 aliphatic rings. The van der Waals surface area contributed by atoms with E-state index in [2.05, 4.69) is 27.2 Å². The molecule has 0 spiro atoms. The first-order valence-electron chi connectivity index (χ1n) is 5.23. The number of carbonyl (C=O) groups is 1. The number of anilines is 1. The summed E-state index contributed by atoms with van der Waals surface area (Å²) in [5.41, 5.74) is 10.7. The van der Waals surface area contributed by atoms with E-state index >= 15 is 0 Å². The van der Waals surface area contributed by atoms with Crippen LogP contribution in [0.3, 0.4) is 0 Å². The Kier molecular flexibility index (Phi) is 3.29. The molecule has 0 aliphatic carbocycles. The Bertz CT molecular complexity index is 562.